The van der Waals surface area contributed by atoms with Crippen molar-refractivity contribution in [1.82, 2.24) is 4.98 Å². The third-order valence-electron chi connectivity index (χ3n) is 7.75. The fraction of sp³-hybridized carbons (Fsp3) is 0.222. The predicted octanol–water partition coefficient (Wildman–Crippen LogP) is 8.37. The van der Waals surface area contributed by atoms with Crippen LogP contribution in [0.5, 0.6) is 17.2 Å². The molecule has 4 aromatic carbocycles. The summed E-state index contributed by atoms with van der Waals surface area (Å²) in [6.07, 6.45) is 2.81. The number of amides is 2. The standard InChI is InChI=1S/C36H40N5O7PS/c1-22-17-25(12-11-23(22)21-49(43)44)38-33-20-26(15-16-37-33)48-32-14-13-29(27-9-7-8-10-28(27)32)39-35(42)40-30-18-24(36(2,3)4)19-31(34(30)47-5)41-50(6,45)46/h7-20,41,49H,21H2,1-6H3,(H,37,38)(H,43,44)(H2,39,40,42). The molecule has 0 aliphatic rings. The predicted molar refractivity (Wildman–Crippen MR) is 200 cm³/mol. The first-order valence-corrected chi connectivity index (χ1v) is 19.1. The smallest absolute Gasteiger partial charge is 0.323 e. The number of nitrogens with zero attached hydrogens (tertiary/aromatic N) is 1. The first kappa shape index (κ1) is 36.2. The Labute approximate surface area is 292 Å². The Morgan fingerprint density at radius 1 is 0.920 bits per heavy atom. The van der Waals surface area contributed by atoms with E-state index in [1.165, 1.54) is 7.11 Å². The number of rotatable bonds is 11. The maximum atomic E-state index is 13.4. The van der Waals surface area contributed by atoms with Crippen molar-refractivity contribution < 1.29 is 32.1 Å². The van der Waals surface area contributed by atoms with E-state index in [1.54, 1.807) is 42.6 Å². The molecule has 0 saturated carbocycles. The first-order chi connectivity index (χ1) is 23.6. The minimum absolute atomic E-state index is 0.136. The molecule has 2 amide bonds. The number of carbonyl (C=O) groups excluding carboxylic acids is 1. The van der Waals surface area contributed by atoms with Crippen LogP contribution in [0.4, 0.5) is 33.4 Å². The summed E-state index contributed by atoms with van der Waals surface area (Å²) in [6, 6.07) is 22.9. The fourth-order valence-electron chi connectivity index (χ4n) is 5.35. The number of methoxy groups -OCH3 is 1. The number of hydrogen-bond donors (Lipinski definition) is 5. The molecule has 50 heavy (non-hydrogen) atoms. The van der Waals surface area contributed by atoms with Gasteiger partial charge in [-0.05, 0) is 71.5 Å². The summed E-state index contributed by atoms with van der Waals surface area (Å²) in [7, 11) is -4.84. The number of ether oxygens (including phenoxy) is 2. The highest BCUT2D eigenvalue weighted by Crippen LogP contribution is 2.40. The summed E-state index contributed by atoms with van der Waals surface area (Å²) in [5.74, 6) is 1.80. The Bertz CT molecular complexity index is 2200. The summed E-state index contributed by atoms with van der Waals surface area (Å²) in [5, 5.41) is 10.5. The Kier molecular flexibility index (Phi) is 10.7. The number of carbonyl (C=O) groups is 1. The highest BCUT2D eigenvalue weighted by atomic mass is 32.2. The van der Waals surface area contributed by atoms with Crippen LogP contribution in [0, 0.1) is 6.92 Å². The number of hydrogen-bond acceptors (Lipinski definition) is 8. The summed E-state index contributed by atoms with van der Waals surface area (Å²) < 4.78 is 49.9. The quantitative estimate of drug-likeness (QED) is 0.0843. The largest absolute Gasteiger partial charge is 0.492 e. The molecule has 5 rings (SSSR count). The van der Waals surface area contributed by atoms with Gasteiger partial charge in [-0.15, -0.1) is 0 Å². The first-order valence-electron chi connectivity index (χ1n) is 15.6. The van der Waals surface area contributed by atoms with E-state index in [9.17, 15) is 22.7 Å². The van der Waals surface area contributed by atoms with E-state index < -0.39 is 24.1 Å². The van der Waals surface area contributed by atoms with E-state index in [1.807, 2.05) is 70.2 Å². The van der Waals surface area contributed by atoms with Gasteiger partial charge in [-0.1, -0.05) is 51.1 Å². The number of nitrogens with one attached hydrogen (secondary N) is 4. The SMILES string of the molecule is COc1c(NC(=O)Nc2ccc(Oc3ccnc(Nc4ccc(C[PH](=O)O)c(C)c4)c3)c3ccccc23)cc(C(C)(C)C)cc1NS(C)(=O)=O. The minimum Gasteiger partial charge on any atom is -0.492 e. The van der Waals surface area contributed by atoms with Crippen LogP contribution in [0.1, 0.15) is 37.5 Å². The van der Waals surface area contributed by atoms with Gasteiger partial charge in [-0.25, -0.2) is 18.2 Å². The number of pyridine rings is 1. The average molecular weight is 718 g/mol. The second-order valence-electron chi connectivity index (χ2n) is 12.8. The van der Waals surface area contributed by atoms with Gasteiger partial charge in [0.25, 0.3) is 0 Å². The maximum absolute atomic E-state index is 13.4. The number of aromatic nitrogens is 1. The lowest BCUT2D eigenvalue weighted by Crippen LogP contribution is -2.22. The van der Waals surface area contributed by atoms with Crippen molar-refractivity contribution in [2.24, 2.45) is 0 Å². The number of anilines is 5. The third kappa shape index (κ3) is 9.12. The molecular formula is C36H40N5O7PS. The average Bonchev–Trinajstić information content (AvgIpc) is 3.02. The van der Waals surface area contributed by atoms with Crippen LogP contribution >= 0.6 is 8.03 Å². The lowest BCUT2D eigenvalue weighted by Gasteiger charge is -2.24. The molecule has 5 aromatic rings. The molecule has 0 aliphatic heterocycles. The molecule has 12 nitrogen and oxygen atoms in total. The van der Waals surface area contributed by atoms with Gasteiger partial charge in [0, 0.05) is 34.9 Å². The van der Waals surface area contributed by atoms with Crippen molar-refractivity contribution in [3.63, 3.8) is 0 Å². The van der Waals surface area contributed by atoms with Crippen LogP contribution in [0.3, 0.4) is 0 Å². The molecule has 0 bridgehead atoms. The van der Waals surface area contributed by atoms with Crippen molar-refractivity contribution in [2.45, 2.75) is 39.3 Å². The van der Waals surface area contributed by atoms with E-state index in [0.29, 0.717) is 28.7 Å². The van der Waals surface area contributed by atoms with Gasteiger partial charge in [0.15, 0.2) is 13.8 Å². The van der Waals surface area contributed by atoms with Gasteiger partial charge in [0.05, 0.1) is 30.4 Å². The van der Waals surface area contributed by atoms with Crippen LogP contribution in [0.25, 0.3) is 10.8 Å². The Balaban J connectivity index is 1.37. The van der Waals surface area contributed by atoms with Crippen molar-refractivity contribution in [1.29, 1.82) is 0 Å². The van der Waals surface area contributed by atoms with Gasteiger partial charge in [0.2, 0.25) is 10.0 Å². The number of sulfonamides is 1. The Hall–Kier alpha value is -5.10. The summed E-state index contributed by atoms with van der Waals surface area (Å²) in [5.41, 5.74) is 3.95. The van der Waals surface area contributed by atoms with Crippen LogP contribution in [0.15, 0.2) is 85.1 Å². The topological polar surface area (TPSA) is 168 Å². The monoisotopic (exact) mass is 717 g/mol. The number of fused-ring (bicyclic) bond motifs is 1. The molecule has 5 N–H and O–H groups in total. The molecule has 0 aliphatic carbocycles. The zero-order valence-electron chi connectivity index (χ0n) is 28.5. The second-order valence-corrected chi connectivity index (χ2v) is 15.7. The number of urea groups is 1. The maximum Gasteiger partial charge on any atom is 0.323 e. The van der Waals surface area contributed by atoms with E-state index in [4.69, 9.17) is 9.47 Å². The van der Waals surface area contributed by atoms with Crippen molar-refractivity contribution in [3.05, 3.63) is 102 Å². The van der Waals surface area contributed by atoms with E-state index in [0.717, 1.165) is 39.4 Å². The fourth-order valence-corrected chi connectivity index (χ4v) is 6.62. The van der Waals surface area contributed by atoms with Gasteiger partial charge in [0.1, 0.15) is 17.3 Å². The van der Waals surface area contributed by atoms with Crippen LogP contribution in [-0.4, -0.2) is 37.7 Å². The molecule has 0 spiro atoms. The Morgan fingerprint density at radius 3 is 2.28 bits per heavy atom. The highest BCUT2D eigenvalue weighted by Gasteiger charge is 2.22. The highest BCUT2D eigenvalue weighted by molar-refractivity contribution is 7.92. The molecule has 1 unspecified atom stereocenters. The zero-order chi connectivity index (χ0) is 36.2. The zero-order valence-corrected chi connectivity index (χ0v) is 30.4. The van der Waals surface area contributed by atoms with Gasteiger partial charge < -0.3 is 30.3 Å². The molecule has 0 radical (unpaired) electrons. The van der Waals surface area contributed by atoms with Crippen molar-refractivity contribution in [2.75, 3.05) is 34.0 Å². The summed E-state index contributed by atoms with van der Waals surface area (Å²) in [6.45, 7) is 7.83. The van der Waals surface area contributed by atoms with Crippen LogP contribution in [0.2, 0.25) is 0 Å². The van der Waals surface area contributed by atoms with E-state index >= 15 is 0 Å². The molecule has 0 fully saturated rings. The normalized spacial score (nSPS) is 12.2. The van der Waals surface area contributed by atoms with Gasteiger partial charge >= 0.3 is 6.03 Å². The molecule has 0 saturated heterocycles. The van der Waals surface area contributed by atoms with Gasteiger partial charge in [-0.2, -0.15) is 0 Å². The van der Waals surface area contributed by atoms with Crippen LogP contribution < -0.4 is 30.1 Å². The van der Waals surface area contributed by atoms with Crippen LogP contribution in [-0.2, 0) is 26.2 Å². The summed E-state index contributed by atoms with van der Waals surface area (Å²) >= 11 is 0. The number of benzene rings is 4. The van der Waals surface area contributed by atoms with Crippen molar-refractivity contribution in [3.8, 4) is 17.2 Å². The van der Waals surface area contributed by atoms with Gasteiger partial charge in [-0.3, -0.25) is 9.29 Å². The number of aryl methyl sites for hydroxylation is 1. The van der Waals surface area contributed by atoms with E-state index in [2.05, 4.69) is 25.7 Å². The minimum atomic E-state index is -3.63. The second kappa shape index (κ2) is 14.8. The lowest BCUT2D eigenvalue weighted by atomic mass is 9.86. The Morgan fingerprint density at radius 2 is 1.62 bits per heavy atom. The summed E-state index contributed by atoms with van der Waals surface area (Å²) in [4.78, 5) is 27.1. The third-order valence-corrected chi connectivity index (χ3v) is 9.02. The van der Waals surface area contributed by atoms with Crippen molar-refractivity contribution >= 4 is 63.4 Å². The molecule has 1 heterocycles. The molecule has 1 atom stereocenters. The lowest BCUT2D eigenvalue weighted by molar-refractivity contribution is 0.262. The molecule has 14 heteroatoms. The molecule has 1 aromatic heterocycles. The van der Waals surface area contributed by atoms with E-state index in [-0.39, 0.29) is 23.0 Å². The molecular weight excluding hydrogens is 677 g/mol. The molecule has 262 valence electrons.